The van der Waals surface area contributed by atoms with Gasteiger partial charge in [-0.25, -0.2) is 4.98 Å². The number of carbonyl (C=O) groups is 1. The normalized spacial score (nSPS) is 10.8. The van der Waals surface area contributed by atoms with E-state index in [1.807, 2.05) is 12.1 Å². The third-order valence-electron chi connectivity index (χ3n) is 3.90. The van der Waals surface area contributed by atoms with E-state index < -0.39 is 4.92 Å². The van der Waals surface area contributed by atoms with Crippen molar-refractivity contribution < 1.29 is 14.5 Å². The molecule has 2 aromatic carbocycles. The van der Waals surface area contributed by atoms with E-state index in [0.29, 0.717) is 28.5 Å². The average molecular weight is 400 g/mol. The number of aromatic amines is 1. The molecule has 8 nitrogen and oxygen atoms in total. The maximum Gasteiger partial charge on any atom is 0.271 e. The third-order valence-corrected chi connectivity index (χ3v) is 4.77. The monoisotopic (exact) mass is 400 g/mol. The number of amides is 1. The first-order chi connectivity index (χ1) is 13.5. The Morgan fingerprint density at radius 3 is 2.79 bits per heavy atom. The summed E-state index contributed by atoms with van der Waals surface area (Å²) >= 11 is 1.23. The van der Waals surface area contributed by atoms with Crippen molar-refractivity contribution in [1.82, 2.24) is 9.97 Å². The van der Waals surface area contributed by atoms with Gasteiger partial charge in [0, 0.05) is 17.8 Å². The molecule has 1 aromatic heterocycles. The van der Waals surface area contributed by atoms with Crippen LogP contribution in [0.4, 0.5) is 11.4 Å². The van der Waals surface area contributed by atoms with Crippen molar-refractivity contribution >= 4 is 40.1 Å². The summed E-state index contributed by atoms with van der Waals surface area (Å²) in [6.07, 6.45) is 2.08. The van der Waals surface area contributed by atoms with Crippen LogP contribution in [0.25, 0.3) is 11.0 Å². The molecule has 2 N–H and O–H groups in total. The molecule has 1 amide bonds. The van der Waals surface area contributed by atoms with Crippen molar-refractivity contribution in [2.24, 2.45) is 0 Å². The van der Waals surface area contributed by atoms with Gasteiger partial charge in [-0.2, -0.15) is 0 Å². The average Bonchev–Trinajstić information content (AvgIpc) is 3.10. The van der Waals surface area contributed by atoms with Crippen molar-refractivity contribution in [3.63, 3.8) is 0 Å². The van der Waals surface area contributed by atoms with Crippen LogP contribution >= 0.6 is 11.8 Å². The van der Waals surface area contributed by atoms with Crippen LogP contribution < -0.4 is 10.1 Å². The van der Waals surface area contributed by atoms with Crippen molar-refractivity contribution in [3.8, 4) is 5.75 Å². The lowest BCUT2D eigenvalue weighted by molar-refractivity contribution is -0.384. The van der Waals surface area contributed by atoms with Crippen molar-refractivity contribution in [1.29, 1.82) is 0 Å². The minimum atomic E-state index is -0.458. The van der Waals surface area contributed by atoms with Gasteiger partial charge in [0.2, 0.25) is 5.91 Å². The molecule has 3 rings (SSSR count). The first-order valence-electron chi connectivity index (χ1n) is 8.85. The first kappa shape index (κ1) is 19.7. The number of imidazole rings is 1. The molecule has 9 heteroatoms. The number of unbranched alkanes of at least 4 members (excludes halogenated alkanes) is 1. The molecular formula is C19H20N4O4S. The van der Waals surface area contributed by atoms with Gasteiger partial charge in [-0.1, -0.05) is 25.1 Å². The molecular weight excluding hydrogens is 380 g/mol. The van der Waals surface area contributed by atoms with E-state index in [1.54, 1.807) is 18.2 Å². The first-order valence-corrected chi connectivity index (χ1v) is 9.83. The van der Waals surface area contributed by atoms with Crippen LogP contribution in [0.5, 0.6) is 5.75 Å². The Kier molecular flexibility index (Phi) is 6.49. The Balaban J connectivity index is 1.52. The SMILES string of the molecule is CCCCOc1ccc(NC(=O)CSc2nc3ccc([N+](=O)[O-])cc3[nH]2)cc1. The molecule has 0 aliphatic carbocycles. The molecule has 0 aliphatic rings. The summed E-state index contributed by atoms with van der Waals surface area (Å²) in [6.45, 7) is 2.79. The van der Waals surface area contributed by atoms with E-state index in [4.69, 9.17) is 4.74 Å². The van der Waals surface area contributed by atoms with Gasteiger partial charge in [0.15, 0.2) is 5.16 Å². The number of anilines is 1. The smallest absolute Gasteiger partial charge is 0.271 e. The van der Waals surface area contributed by atoms with Gasteiger partial charge in [-0.3, -0.25) is 14.9 Å². The minimum absolute atomic E-state index is 0.00689. The molecule has 0 spiro atoms. The molecule has 0 radical (unpaired) electrons. The van der Waals surface area contributed by atoms with Crippen LogP contribution in [-0.2, 0) is 4.79 Å². The topological polar surface area (TPSA) is 110 Å². The number of ether oxygens (including phenoxy) is 1. The second-order valence-electron chi connectivity index (χ2n) is 6.06. The summed E-state index contributed by atoms with van der Waals surface area (Å²) in [5, 5.41) is 14.2. The number of nitro groups is 1. The number of benzene rings is 2. The molecule has 0 saturated carbocycles. The number of hydrogen-bond acceptors (Lipinski definition) is 6. The highest BCUT2D eigenvalue weighted by Gasteiger charge is 2.11. The summed E-state index contributed by atoms with van der Waals surface area (Å²) < 4.78 is 5.59. The van der Waals surface area contributed by atoms with Crippen molar-refractivity contribution in [2.45, 2.75) is 24.9 Å². The second-order valence-corrected chi connectivity index (χ2v) is 7.03. The maximum atomic E-state index is 12.1. The lowest BCUT2D eigenvalue weighted by Gasteiger charge is -2.07. The predicted molar refractivity (Wildman–Crippen MR) is 109 cm³/mol. The zero-order valence-electron chi connectivity index (χ0n) is 15.3. The summed E-state index contributed by atoms with van der Waals surface area (Å²) in [5.41, 5.74) is 1.86. The van der Waals surface area contributed by atoms with E-state index in [0.717, 1.165) is 18.6 Å². The summed E-state index contributed by atoms with van der Waals surface area (Å²) in [7, 11) is 0. The number of rotatable bonds is 9. The summed E-state index contributed by atoms with van der Waals surface area (Å²) in [4.78, 5) is 29.8. The second kappa shape index (κ2) is 9.23. The number of nitrogens with zero attached hydrogens (tertiary/aromatic N) is 2. The fourth-order valence-corrected chi connectivity index (χ4v) is 3.14. The number of nitrogens with one attached hydrogen (secondary N) is 2. The van der Waals surface area contributed by atoms with Gasteiger partial charge in [0.1, 0.15) is 5.75 Å². The van der Waals surface area contributed by atoms with Crippen molar-refractivity contribution in [2.75, 3.05) is 17.7 Å². The molecule has 0 saturated heterocycles. The number of fused-ring (bicyclic) bond motifs is 1. The lowest BCUT2D eigenvalue weighted by Crippen LogP contribution is -2.14. The molecule has 0 bridgehead atoms. The van der Waals surface area contributed by atoms with Gasteiger partial charge < -0.3 is 15.0 Å². The van der Waals surface area contributed by atoms with Crippen LogP contribution in [0.1, 0.15) is 19.8 Å². The van der Waals surface area contributed by atoms with E-state index >= 15 is 0 Å². The molecule has 28 heavy (non-hydrogen) atoms. The number of hydrogen-bond donors (Lipinski definition) is 2. The predicted octanol–water partition coefficient (Wildman–Crippen LogP) is 4.38. The van der Waals surface area contributed by atoms with E-state index in [2.05, 4.69) is 22.2 Å². The van der Waals surface area contributed by atoms with Gasteiger partial charge in [0.05, 0.1) is 28.3 Å². The Hall–Kier alpha value is -3.07. The summed E-state index contributed by atoms with van der Waals surface area (Å²) in [6, 6.07) is 11.7. The molecule has 0 atom stereocenters. The van der Waals surface area contributed by atoms with Gasteiger partial charge in [0.25, 0.3) is 5.69 Å². The number of carbonyl (C=O) groups excluding carboxylic acids is 1. The largest absolute Gasteiger partial charge is 0.494 e. The van der Waals surface area contributed by atoms with Gasteiger partial charge in [-0.15, -0.1) is 0 Å². The van der Waals surface area contributed by atoms with Crippen molar-refractivity contribution in [3.05, 3.63) is 52.6 Å². The number of H-pyrrole nitrogens is 1. The Labute approximate surface area is 165 Å². The zero-order chi connectivity index (χ0) is 19.9. The lowest BCUT2D eigenvalue weighted by atomic mass is 10.3. The van der Waals surface area contributed by atoms with Gasteiger partial charge >= 0.3 is 0 Å². The van der Waals surface area contributed by atoms with Crippen LogP contribution in [-0.4, -0.2) is 33.2 Å². The highest BCUT2D eigenvalue weighted by Crippen LogP contribution is 2.23. The third kappa shape index (κ3) is 5.23. The van der Waals surface area contributed by atoms with E-state index in [1.165, 1.54) is 23.9 Å². The number of thioether (sulfide) groups is 1. The number of nitro benzene ring substituents is 1. The molecule has 0 aliphatic heterocycles. The minimum Gasteiger partial charge on any atom is -0.494 e. The fraction of sp³-hybridized carbons (Fsp3) is 0.263. The van der Waals surface area contributed by atoms with E-state index in [-0.39, 0.29) is 17.3 Å². The molecule has 0 unspecified atom stereocenters. The standard InChI is InChI=1S/C19H20N4O4S/c1-2-3-10-27-15-7-4-13(5-8-15)20-18(24)12-28-19-21-16-9-6-14(23(25)26)11-17(16)22-19/h4-9,11H,2-3,10,12H2,1H3,(H,20,24)(H,21,22). The Morgan fingerprint density at radius 2 is 2.07 bits per heavy atom. The number of non-ortho nitro benzene ring substituents is 1. The Morgan fingerprint density at radius 1 is 1.29 bits per heavy atom. The molecule has 0 fully saturated rings. The zero-order valence-corrected chi connectivity index (χ0v) is 16.1. The highest BCUT2D eigenvalue weighted by molar-refractivity contribution is 7.99. The molecule has 146 valence electrons. The van der Waals surface area contributed by atoms with Crippen LogP contribution in [0.2, 0.25) is 0 Å². The fourth-order valence-electron chi connectivity index (χ4n) is 2.46. The number of aromatic nitrogens is 2. The maximum absolute atomic E-state index is 12.1. The summed E-state index contributed by atoms with van der Waals surface area (Å²) in [5.74, 6) is 0.768. The van der Waals surface area contributed by atoms with Crippen LogP contribution in [0.15, 0.2) is 47.6 Å². The van der Waals surface area contributed by atoms with Crippen LogP contribution in [0.3, 0.4) is 0 Å². The van der Waals surface area contributed by atoms with Crippen LogP contribution in [0, 0.1) is 10.1 Å². The molecule has 1 heterocycles. The highest BCUT2D eigenvalue weighted by atomic mass is 32.2. The molecule has 3 aromatic rings. The van der Waals surface area contributed by atoms with E-state index in [9.17, 15) is 14.9 Å². The quantitative estimate of drug-likeness (QED) is 0.239. The van der Waals surface area contributed by atoms with Gasteiger partial charge in [-0.05, 0) is 36.8 Å². The Bertz CT molecular complexity index is 972.